The van der Waals surface area contributed by atoms with Gasteiger partial charge in [-0.25, -0.2) is 0 Å². The average molecular weight is 304 g/mol. The molecule has 0 unspecified atom stereocenters. The second-order valence-electron chi connectivity index (χ2n) is 6.17. The van der Waals surface area contributed by atoms with E-state index in [9.17, 15) is 14.9 Å². The van der Waals surface area contributed by atoms with E-state index in [4.69, 9.17) is 4.74 Å². The van der Waals surface area contributed by atoms with E-state index in [2.05, 4.69) is 11.9 Å². The van der Waals surface area contributed by atoms with Crippen molar-refractivity contribution in [1.82, 2.24) is 4.90 Å². The molecule has 2 aliphatic heterocycles. The van der Waals surface area contributed by atoms with Crippen LogP contribution in [0, 0.1) is 10.1 Å². The first kappa shape index (κ1) is 15.0. The van der Waals surface area contributed by atoms with E-state index in [0.717, 1.165) is 24.8 Å². The molecule has 1 aromatic carbocycles. The van der Waals surface area contributed by atoms with Gasteiger partial charge in [0.1, 0.15) is 6.10 Å². The number of benzene rings is 1. The van der Waals surface area contributed by atoms with Gasteiger partial charge < -0.3 is 4.74 Å². The molecule has 0 radical (unpaired) electrons. The lowest BCUT2D eigenvalue weighted by molar-refractivity contribution is -0.384. The number of non-ortho nitro benzene ring substituents is 1. The molecule has 0 aliphatic carbocycles. The van der Waals surface area contributed by atoms with Crippen molar-refractivity contribution in [2.75, 3.05) is 7.05 Å². The number of hydrogen-bond acceptors (Lipinski definition) is 5. The molecular formula is C16H20N2O4. The van der Waals surface area contributed by atoms with Crippen LogP contribution >= 0.6 is 0 Å². The number of likely N-dealkylation sites (N-methyl/N-ethyl adjacent to an activating group) is 1. The number of piperidine rings is 1. The minimum Gasteiger partial charge on any atom is -0.460 e. The number of esters is 1. The number of carbonyl (C=O) groups is 1. The Labute approximate surface area is 129 Å². The maximum Gasteiger partial charge on any atom is 0.310 e. The van der Waals surface area contributed by atoms with Crippen LogP contribution in [0.25, 0.3) is 0 Å². The second kappa shape index (κ2) is 6.04. The van der Waals surface area contributed by atoms with Crippen LogP contribution in [0.3, 0.4) is 0 Å². The molecule has 1 aromatic rings. The van der Waals surface area contributed by atoms with Crippen LogP contribution < -0.4 is 0 Å². The summed E-state index contributed by atoms with van der Waals surface area (Å²) in [5.74, 6) is -0.252. The summed E-state index contributed by atoms with van der Waals surface area (Å²) in [7, 11) is 2.11. The van der Waals surface area contributed by atoms with Gasteiger partial charge in [0.05, 0.1) is 11.3 Å². The number of nitrogens with zero attached hydrogens (tertiary/aromatic N) is 2. The number of nitro groups is 1. The Morgan fingerprint density at radius 1 is 1.27 bits per heavy atom. The van der Waals surface area contributed by atoms with Crippen LogP contribution in [-0.2, 0) is 16.0 Å². The first-order valence-electron chi connectivity index (χ1n) is 7.69. The molecule has 0 saturated carbocycles. The van der Waals surface area contributed by atoms with Gasteiger partial charge in [0, 0.05) is 24.2 Å². The van der Waals surface area contributed by atoms with Crippen molar-refractivity contribution in [1.29, 1.82) is 0 Å². The third-order valence-corrected chi connectivity index (χ3v) is 4.89. The summed E-state index contributed by atoms with van der Waals surface area (Å²) in [5, 5.41) is 10.6. The van der Waals surface area contributed by atoms with E-state index in [0.29, 0.717) is 12.1 Å². The van der Waals surface area contributed by atoms with Crippen LogP contribution in [0.4, 0.5) is 5.69 Å². The molecule has 2 saturated heterocycles. The monoisotopic (exact) mass is 304 g/mol. The van der Waals surface area contributed by atoms with Gasteiger partial charge in [0.2, 0.25) is 0 Å². The molecule has 0 N–H and O–H groups in total. The normalized spacial score (nSPS) is 27.6. The van der Waals surface area contributed by atoms with Gasteiger partial charge >= 0.3 is 5.97 Å². The molecule has 2 bridgehead atoms. The summed E-state index contributed by atoms with van der Waals surface area (Å²) in [6.45, 7) is 0. The number of hydrogen-bond donors (Lipinski definition) is 0. The van der Waals surface area contributed by atoms with E-state index in [1.54, 1.807) is 12.1 Å². The van der Waals surface area contributed by atoms with Crippen LogP contribution in [0.5, 0.6) is 0 Å². The first-order valence-corrected chi connectivity index (χ1v) is 7.69. The standard InChI is InChI=1S/C16H20N2O4/c1-17-12-6-8-14(17)15(9-7-12)22-16(19)10-11-2-4-13(5-3-11)18(20)21/h2-5,12,14-15H,6-10H2,1H3/t12-,14+,15+/m0/s1. The third kappa shape index (κ3) is 2.97. The topological polar surface area (TPSA) is 72.7 Å². The quantitative estimate of drug-likeness (QED) is 0.485. The van der Waals surface area contributed by atoms with Crippen LogP contribution in [0.1, 0.15) is 31.2 Å². The Bertz CT molecular complexity index is 572. The van der Waals surface area contributed by atoms with Gasteiger partial charge in [-0.1, -0.05) is 12.1 Å². The summed E-state index contributed by atoms with van der Waals surface area (Å²) in [6.07, 6.45) is 4.45. The molecule has 3 atom stereocenters. The highest BCUT2D eigenvalue weighted by Crippen LogP contribution is 2.35. The smallest absolute Gasteiger partial charge is 0.310 e. The molecule has 0 aromatic heterocycles. The van der Waals surface area contributed by atoms with Crippen LogP contribution in [0.15, 0.2) is 24.3 Å². The Hall–Kier alpha value is -1.95. The molecule has 2 heterocycles. The minimum absolute atomic E-state index is 0.0192. The maximum atomic E-state index is 12.1. The molecular weight excluding hydrogens is 284 g/mol. The van der Waals surface area contributed by atoms with E-state index < -0.39 is 4.92 Å². The van der Waals surface area contributed by atoms with Gasteiger partial charge in [-0.15, -0.1) is 0 Å². The third-order valence-electron chi connectivity index (χ3n) is 4.89. The number of carbonyl (C=O) groups excluding carboxylic acids is 1. The number of fused-ring (bicyclic) bond motifs is 2. The van der Waals surface area contributed by atoms with Gasteiger partial charge in [-0.3, -0.25) is 19.8 Å². The highest BCUT2D eigenvalue weighted by Gasteiger charge is 2.41. The van der Waals surface area contributed by atoms with Gasteiger partial charge in [0.25, 0.3) is 5.69 Å². The Kier molecular flexibility index (Phi) is 4.11. The van der Waals surface area contributed by atoms with Crippen molar-refractivity contribution in [2.45, 2.75) is 50.3 Å². The molecule has 2 aliphatic rings. The summed E-state index contributed by atoms with van der Waals surface area (Å²) in [5.41, 5.74) is 0.770. The van der Waals surface area contributed by atoms with Crippen molar-refractivity contribution in [3.8, 4) is 0 Å². The van der Waals surface area contributed by atoms with Crippen LogP contribution in [0.2, 0.25) is 0 Å². The number of rotatable bonds is 4. The fraction of sp³-hybridized carbons (Fsp3) is 0.562. The summed E-state index contributed by atoms with van der Waals surface area (Å²) in [6, 6.07) is 7.04. The summed E-state index contributed by atoms with van der Waals surface area (Å²) < 4.78 is 5.66. The van der Waals surface area contributed by atoms with Crippen molar-refractivity contribution in [2.24, 2.45) is 0 Å². The molecule has 3 rings (SSSR count). The summed E-state index contributed by atoms with van der Waals surface area (Å²) in [4.78, 5) is 24.6. The fourth-order valence-corrected chi connectivity index (χ4v) is 3.64. The number of ether oxygens (including phenoxy) is 1. The molecule has 0 spiro atoms. The summed E-state index contributed by atoms with van der Waals surface area (Å²) >= 11 is 0. The molecule has 118 valence electrons. The van der Waals surface area contributed by atoms with Gasteiger partial charge in [-0.2, -0.15) is 0 Å². The zero-order chi connectivity index (χ0) is 15.7. The largest absolute Gasteiger partial charge is 0.460 e. The van der Waals surface area contributed by atoms with Crippen molar-refractivity contribution < 1.29 is 14.5 Å². The number of nitro benzene ring substituents is 1. The second-order valence-corrected chi connectivity index (χ2v) is 6.17. The van der Waals surface area contributed by atoms with Crippen molar-refractivity contribution >= 4 is 11.7 Å². The highest BCUT2D eigenvalue weighted by molar-refractivity contribution is 5.73. The zero-order valence-electron chi connectivity index (χ0n) is 12.6. The molecule has 2 fully saturated rings. The maximum absolute atomic E-state index is 12.1. The lowest BCUT2D eigenvalue weighted by Gasteiger charge is -2.36. The van der Waals surface area contributed by atoms with E-state index >= 15 is 0 Å². The SMILES string of the molecule is CN1[C@H]2CC[C@@H]1[C@H](OC(=O)Cc1ccc([N+](=O)[O-])cc1)CC2. The predicted molar refractivity (Wildman–Crippen MR) is 80.5 cm³/mol. The van der Waals surface area contributed by atoms with Gasteiger partial charge in [-0.05, 0) is 38.3 Å². The van der Waals surface area contributed by atoms with Crippen LogP contribution in [-0.4, -0.2) is 41.0 Å². The highest BCUT2D eigenvalue weighted by atomic mass is 16.6. The van der Waals surface area contributed by atoms with E-state index in [-0.39, 0.29) is 24.2 Å². The average Bonchev–Trinajstić information content (AvgIpc) is 2.72. The first-order chi connectivity index (χ1) is 10.5. The minimum atomic E-state index is -0.448. The van der Waals surface area contributed by atoms with Crippen molar-refractivity contribution in [3.63, 3.8) is 0 Å². The molecule has 6 heteroatoms. The lowest BCUT2D eigenvalue weighted by atomic mass is 10.0. The Balaban J connectivity index is 1.57. The van der Waals surface area contributed by atoms with Crippen molar-refractivity contribution in [3.05, 3.63) is 39.9 Å². The lowest BCUT2D eigenvalue weighted by Crippen LogP contribution is -2.46. The van der Waals surface area contributed by atoms with E-state index in [1.807, 2.05) is 0 Å². The van der Waals surface area contributed by atoms with Gasteiger partial charge in [0.15, 0.2) is 0 Å². The Morgan fingerprint density at radius 2 is 1.95 bits per heavy atom. The van der Waals surface area contributed by atoms with E-state index in [1.165, 1.54) is 18.6 Å². The molecule has 6 nitrogen and oxygen atoms in total. The molecule has 22 heavy (non-hydrogen) atoms. The fourth-order valence-electron chi connectivity index (χ4n) is 3.64. The predicted octanol–water partition coefficient (Wildman–Crippen LogP) is 2.31. The molecule has 0 amide bonds. The Morgan fingerprint density at radius 3 is 2.64 bits per heavy atom. The zero-order valence-corrected chi connectivity index (χ0v) is 12.6.